The van der Waals surface area contributed by atoms with Crippen molar-refractivity contribution in [3.8, 4) is 0 Å². The lowest BCUT2D eigenvalue weighted by atomic mass is 10.1. The van der Waals surface area contributed by atoms with E-state index in [4.69, 9.17) is 16.6 Å². The highest BCUT2D eigenvalue weighted by Crippen LogP contribution is 2.40. The van der Waals surface area contributed by atoms with Crippen LogP contribution in [-0.2, 0) is 0 Å². The number of rotatable bonds is 4. The fourth-order valence-electron chi connectivity index (χ4n) is 6.21. The minimum atomic E-state index is -0.368. The Hall–Kier alpha value is -5.38. The molecule has 0 bridgehead atoms. The minimum absolute atomic E-state index is 0.149. The monoisotopic (exact) mass is 670 g/mol. The molecule has 6 aromatic rings. The van der Waals surface area contributed by atoms with E-state index < -0.39 is 0 Å². The van der Waals surface area contributed by atoms with Gasteiger partial charge in [0.25, 0.3) is 23.6 Å². The molecule has 0 radical (unpaired) electrons. The number of thioether (sulfide) groups is 1. The molecule has 0 saturated heterocycles. The number of benzene rings is 4. The maximum absolute atomic E-state index is 12.9. The quantitative estimate of drug-likeness (QED) is 0.105. The Morgan fingerprint density at radius 1 is 0.562 bits per heavy atom. The Kier molecular flexibility index (Phi) is 8.02. The fraction of sp³-hybridized carbons (Fsp3) is 0.105. The Morgan fingerprint density at radius 3 is 1.40 bits per heavy atom. The number of amides is 4. The summed E-state index contributed by atoms with van der Waals surface area (Å²) in [6, 6.07) is 29.0. The molecule has 0 N–H and O–H groups in total. The van der Waals surface area contributed by atoms with E-state index in [2.05, 4.69) is 4.98 Å². The summed E-state index contributed by atoms with van der Waals surface area (Å²) < 4.78 is 0. The van der Waals surface area contributed by atoms with Crippen LogP contribution in [0.15, 0.2) is 102 Å². The number of hydrogen-bond donors (Lipinski definition) is 0. The fourth-order valence-corrected chi connectivity index (χ4v) is 7.35. The van der Waals surface area contributed by atoms with Crippen molar-refractivity contribution in [1.82, 2.24) is 9.97 Å². The second-order valence-corrected chi connectivity index (χ2v) is 12.8. The number of para-hydroxylation sites is 2. The van der Waals surface area contributed by atoms with Crippen molar-refractivity contribution in [1.29, 1.82) is 0 Å². The maximum Gasteiger partial charge on any atom is 0.266 e. The molecule has 48 heavy (non-hydrogen) atoms. The van der Waals surface area contributed by atoms with Gasteiger partial charge in [0.05, 0.1) is 44.7 Å². The van der Waals surface area contributed by atoms with Crippen molar-refractivity contribution < 1.29 is 19.2 Å². The summed E-state index contributed by atoms with van der Waals surface area (Å²) in [5, 5.41) is 2.68. The van der Waals surface area contributed by atoms with E-state index in [9.17, 15) is 19.2 Å². The number of halogens is 1. The Bertz CT molecular complexity index is 2290. The van der Waals surface area contributed by atoms with Crippen LogP contribution in [0, 0.1) is 13.8 Å². The van der Waals surface area contributed by atoms with Gasteiger partial charge in [-0.05, 0) is 67.1 Å². The first-order valence-corrected chi connectivity index (χ1v) is 16.6. The average molecular weight is 671 g/mol. The van der Waals surface area contributed by atoms with Gasteiger partial charge in [-0.2, -0.15) is 0 Å². The van der Waals surface area contributed by atoms with Crippen LogP contribution in [0.1, 0.15) is 59.5 Å². The van der Waals surface area contributed by atoms with E-state index in [1.54, 1.807) is 60.3 Å². The molecule has 4 amide bonds. The van der Waals surface area contributed by atoms with E-state index in [1.807, 2.05) is 69.3 Å². The van der Waals surface area contributed by atoms with Crippen LogP contribution in [0.4, 0.5) is 11.4 Å². The number of carbonyl (C=O) groups is 4. The molecule has 2 aliphatic heterocycles. The highest BCUT2D eigenvalue weighted by atomic mass is 35.5. The normalized spacial score (nSPS) is 13.7. The van der Waals surface area contributed by atoms with Gasteiger partial charge in [0, 0.05) is 10.8 Å². The van der Waals surface area contributed by atoms with Crippen molar-refractivity contribution in [2.45, 2.75) is 25.8 Å². The molecule has 4 heterocycles. The lowest BCUT2D eigenvalue weighted by molar-refractivity contribution is 0.0909. The van der Waals surface area contributed by atoms with Crippen LogP contribution >= 0.6 is 23.4 Å². The molecule has 236 valence electrons. The van der Waals surface area contributed by atoms with Crippen molar-refractivity contribution in [2.24, 2.45) is 0 Å². The predicted molar refractivity (Wildman–Crippen MR) is 190 cm³/mol. The van der Waals surface area contributed by atoms with Crippen LogP contribution in [0.2, 0.25) is 5.15 Å². The summed E-state index contributed by atoms with van der Waals surface area (Å²) in [6.45, 7) is 5.82. The Labute approximate surface area is 285 Å². The first-order chi connectivity index (χ1) is 23.2. The summed E-state index contributed by atoms with van der Waals surface area (Å²) in [5.41, 5.74) is 5.91. The molecule has 2 aliphatic rings. The van der Waals surface area contributed by atoms with Crippen LogP contribution < -0.4 is 9.80 Å². The number of nitrogens with zero attached hydrogens (tertiary/aromatic N) is 4. The highest BCUT2D eigenvalue weighted by molar-refractivity contribution is 7.99. The van der Waals surface area contributed by atoms with Gasteiger partial charge in [0.2, 0.25) is 0 Å². The molecule has 0 spiro atoms. The number of hydrogen-bond acceptors (Lipinski definition) is 7. The highest BCUT2D eigenvalue weighted by Gasteiger charge is 2.40. The number of imide groups is 2. The van der Waals surface area contributed by atoms with E-state index >= 15 is 0 Å². The molecule has 0 fully saturated rings. The third kappa shape index (κ3) is 4.94. The van der Waals surface area contributed by atoms with Crippen LogP contribution in [-0.4, -0.2) is 39.3 Å². The van der Waals surface area contributed by atoms with Gasteiger partial charge < -0.3 is 0 Å². The first-order valence-electron chi connectivity index (χ1n) is 15.3. The molecule has 8 rings (SSSR count). The number of carbonyl (C=O) groups excluding carboxylic acids is 4. The summed E-state index contributed by atoms with van der Waals surface area (Å²) >= 11 is 7.85. The molecule has 0 atom stereocenters. The standard InChI is InChI=1S/C20H16N2O2S.C18H11ClN2O2/c1-3-25-18-17(12(2)13-8-6-7-11-16(13)21-18)22-19(23)14-9-4-5-10-15(14)20(22)24;1-10-11-6-4-5-9-14(11)20-16(19)15(10)21-17(22)12-7-2-3-8-13(12)18(21)23/h4-11H,3H2,1-2H3;2-9H,1H3. The van der Waals surface area contributed by atoms with Crippen LogP contribution in [0.25, 0.3) is 21.8 Å². The molecule has 0 aliphatic carbocycles. The SMILES string of the molecule is CCSc1nc2ccccc2c(C)c1N1C(=O)c2ccccc2C1=O.Cc1c(N2C(=O)c3ccccc3C2=O)c(Cl)nc2ccccc12. The summed E-state index contributed by atoms with van der Waals surface area (Å²) in [7, 11) is 0. The largest absolute Gasteiger partial charge is 0.268 e. The molecule has 0 unspecified atom stereocenters. The summed E-state index contributed by atoms with van der Waals surface area (Å²) in [5.74, 6) is -0.487. The van der Waals surface area contributed by atoms with Gasteiger partial charge in [0.15, 0.2) is 5.15 Å². The van der Waals surface area contributed by atoms with Crippen molar-refractivity contribution in [2.75, 3.05) is 15.6 Å². The number of fused-ring (bicyclic) bond motifs is 4. The maximum atomic E-state index is 12.9. The van der Waals surface area contributed by atoms with Crippen molar-refractivity contribution >= 4 is 80.2 Å². The number of anilines is 2. The second-order valence-electron chi connectivity index (χ2n) is 11.2. The zero-order valence-electron chi connectivity index (χ0n) is 26.2. The smallest absolute Gasteiger partial charge is 0.266 e. The molecule has 2 aromatic heterocycles. The van der Waals surface area contributed by atoms with Crippen LogP contribution in [0.5, 0.6) is 0 Å². The molecular formula is C38H27ClN4O4S. The van der Waals surface area contributed by atoms with Crippen molar-refractivity contribution in [3.05, 3.63) is 136 Å². The van der Waals surface area contributed by atoms with Gasteiger partial charge in [-0.15, -0.1) is 11.8 Å². The first kappa shape index (κ1) is 31.2. The zero-order chi connectivity index (χ0) is 33.7. The van der Waals surface area contributed by atoms with E-state index in [0.29, 0.717) is 38.7 Å². The zero-order valence-corrected chi connectivity index (χ0v) is 27.7. The van der Waals surface area contributed by atoms with E-state index in [1.165, 1.54) is 4.90 Å². The van der Waals surface area contributed by atoms with Gasteiger partial charge in [-0.3, -0.25) is 19.2 Å². The summed E-state index contributed by atoms with van der Waals surface area (Å²) in [4.78, 5) is 62.6. The number of aromatic nitrogens is 2. The van der Waals surface area contributed by atoms with Gasteiger partial charge in [-0.25, -0.2) is 19.8 Å². The van der Waals surface area contributed by atoms with Gasteiger partial charge >= 0.3 is 0 Å². The number of pyridine rings is 2. The average Bonchev–Trinajstić information content (AvgIpc) is 3.50. The predicted octanol–water partition coefficient (Wildman–Crippen LogP) is 8.45. The second kappa shape index (κ2) is 12.3. The lowest BCUT2D eigenvalue weighted by Crippen LogP contribution is -2.31. The Morgan fingerprint density at radius 2 is 0.938 bits per heavy atom. The topological polar surface area (TPSA) is 101 Å². The van der Waals surface area contributed by atoms with E-state index in [-0.39, 0.29) is 28.8 Å². The molecule has 4 aromatic carbocycles. The minimum Gasteiger partial charge on any atom is -0.268 e. The van der Waals surface area contributed by atoms with Gasteiger partial charge in [-0.1, -0.05) is 79.2 Å². The van der Waals surface area contributed by atoms with E-state index in [0.717, 1.165) is 43.6 Å². The number of aryl methyl sites for hydroxylation is 2. The third-order valence-corrected chi connectivity index (χ3v) is 9.59. The van der Waals surface area contributed by atoms with Crippen LogP contribution in [0.3, 0.4) is 0 Å². The summed E-state index contributed by atoms with van der Waals surface area (Å²) in [6.07, 6.45) is 0. The molecule has 0 saturated carbocycles. The molecular weight excluding hydrogens is 644 g/mol. The molecule has 10 heteroatoms. The lowest BCUT2D eigenvalue weighted by Gasteiger charge is -2.21. The Balaban J connectivity index is 0.000000152. The van der Waals surface area contributed by atoms with Crippen molar-refractivity contribution in [3.63, 3.8) is 0 Å². The third-order valence-electron chi connectivity index (χ3n) is 8.48. The van der Waals surface area contributed by atoms with Gasteiger partial charge in [0.1, 0.15) is 5.03 Å². The molecule has 8 nitrogen and oxygen atoms in total.